The SMILES string of the molecule is CCC1(C)CN(C(C)(CC)CC)C(C)CN1. The number of nitrogens with zero attached hydrogens (tertiary/aromatic N) is 1. The Morgan fingerprint density at radius 1 is 1.31 bits per heavy atom. The van der Waals surface area contributed by atoms with E-state index in [-0.39, 0.29) is 0 Å². The highest BCUT2D eigenvalue weighted by atomic mass is 15.3. The molecule has 2 nitrogen and oxygen atoms in total. The normalized spacial score (nSPS) is 33.0. The second-order valence-corrected chi connectivity index (χ2v) is 5.98. The van der Waals surface area contributed by atoms with E-state index in [1.165, 1.54) is 25.8 Å². The van der Waals surface area contributed by atoms with Crippen LogP contribution in [0.1, 0.15) is 60.8 Å². The fraction of sp³-hybridized carbons (Fsp3) is 1.00. The molecule has 0 aliphatic carbocycles. The maximum atomic E-state index is 3.70. The van der Waals surface area contributed by atoms with Crippen LogP contribution in [0.5, 0.6) is 0 Å². The highest BCUT2D eigenvalue weighted by Gasteiger charge is 2.40. The van der Waals surface area contributed by atoms with Crippen LogP contribution in [-0.2, 0) is 0 Å². The first-order chi connectivity index (χ1) is 7.40. The van der Waals surface area contributed by atoms with E-state index in [0.717, 1.165) is 6.54 Å². The van der Waals surface area contributed by atoms with E-state index in [9.17, 15) is 0 Å². The third-order valence-electron chi connectivity index (χ3n) is 4.87. The van der Waals surface area contributed by atoms with Gasteiger partial charge in [0.2, 0.25) is 0 Å². The number of hydrogen-bond donors (Lipinski definition) is 1. The quantitative estimate of drug-likeness (QED) is 0.792. The first-order valence-corrected chi connectivity index (χ1v) is 6.92. The van der Waals surface area contributed by atoms with Gasteiger partial charge in [-0.15, -0.1) is 0 Å². The fourth-order valence-electron chi connectivity index (χ4n) is 2.71. The summed E-state index contributed by atoms with van der Waals surface area (Å²) in [5.41, 5.74) is 0.677. The molecular weight excluding hydrogens is 196 g/mol. The Balaban J connectivity index is 2.84. The van der Waals surface area contributed by atoms with Crippen LogP contribution < -0.4 is 5.32 Å². The van der Waals surface area contributed by atoms with Crippen LogP contribution in [0.2, 0.25) is 0 Å². The molecule has 0 amide bonds. The van der Waals surface area contributed by atoms with Crippen molar-refractivity contribution in [3.05, 3.63) is 0 Å². The van der Waals surface area contributed by atoms with Crippen molar-refractivity contribution in [2.75, 3.05) is 13.1 Å². The Labute approximate surface area is 102 Å². The molecule has 16 heavy (non-hydrogen) atoms. The Bertz CT molecular complexity index is 223. The van der Waals surface area contributed by atoms with Crippen LogP contribution in [-0.4, -0.2) is 35.1 Å². The van der Waals surface area contributed by atoms with Gasteiger partial charge in [0.15, 0.2) is 0 Å². The molecule has 0 bridgehead atoms. The van der Waals surface area contributed by atoms with Gasteiger partial charge in [-0.05, 0) is 40.0 Å². The summed E-state index contributed by atoms with van der Waals surface area (Å²) in [5.74, 6) is 0. The van der Waals surface area contributed by atoms with Crippen LogP contribution in [0.4, 0.5) is 0 Å². The highest BCUT2D eigenvalue weighted by Crippen LogP contribution is 2.30. The first kappa shape index (κ1) is 14.0. The predicted molar refractivity (Wildman–Crippen MR) is 71.9 cm³/mol. The zero-order chi connectivity index (χ0) is 12.4. The zero-order valence-corrected chi connectivity index (χ0v) is 12.1. The molecule has 1 aliphatic heterocycles. The van der Waals surface area contributed by atoms with E-state index in [1.54, 1.807) is 0 Å². The largest absolute Gasteiger partial charge is 0.309 e. The molecule has 1 N–H and O–H groups in total. The molecule has 0 aromatic carbocycles. The molecule has 1 rings (SSSR count). The summed E-state index contributed by atoms with van der Waals surface area (Å²) in [5, 5.41) is 3.70. The van der Waals surface area contributed by atoms with Gasteiger partial charge in [-0.3, -0.25) is 4.90 Å². The highest BCUT2D eigenvalue weighted by molar-refractivity contribution is 4.99. The summed E-state index contributed by atoms with van der Waals surface area (Å²) in [6, 6.07) is 0.657. The van der Waals surface area contributed by atoms with Crippen LogP contribution in [0.15, 0.2) is 0 Å². The smallest absolute Gasteiger partial charge is 0.0278 e. The summed E-state index contributed by atoms with van der Waals surface area (Å²) < 4.78 is 0. The van der Waals surface area contributed by atoms with Crippen molar-refractivity contribution in [3.63, 3.8) is 0 Å². The molecule has 0 aromatic rings. The van der Waals surface area contributed by atoms with Crippen molar-refractivity contribution in [1.82, 2.24) is 10.2 Å². The minimum absolute atomic E-state index is 0.304. The van der Waals surface area contributed by atoms with Gasteiger partial charge in [-0.25, -0.2) is 0 Å². The van der Waals surface area contributed by atoms with Crippen molar-refractivity contribution in [2.24, 2.45) is 0 Å². The van der Waals surface area contributed by atoms with E-state index in [1.807, 2.05) is 0 Å². The molecular formula is C14H30N2. The Morgan fingerprint density at radius 2 is 1.88 bits per heavy atom. The third kappa shape index (κ3) is 2.60. The van der Waals surface area contributed by atoms with Gasteiger partial charge in [-0.2, -0.15) is 0 Å². The molecule has 2 heteroatoms. The van der Waals surface area contributed by atoms with Crippen molar-refractivity contribution >= 4 is 0 Å². The van der Waals surface area contributed by atoms with Gasteiger partial charge >= 0.3 is 0 Å². The fourth-order valence-corrected chi connectivity index (χ4v) is 2.71. The van der Waals surface area contributed by atoms with Crippen LogP contribution >= 0.6 is 0 Å². The summed E-state index contributed by atoms with van der Waals surface area (Å²) in [4.78, 5) is 2.73. The second-order valence-electron chi connectivity index (χ2n) is 5.98. The van der Waals surface area contributed by atoms with Gasteiger partial charge in [0.05, 0.1) is 0 Å². The summed E-state index contributed by atoms with van der Waals surface area (Å²) in [6.07, 6.45) is 3.70. The topological polar surface area (TPSA) is 15.3 Å². The average molecular weight is 226 g/mol. The lowest BCUT2D eigenvalue weighted by Gasteiger charge is -2.52. The molecule has 2 atom stereocenters. The second kappa shape index (κ2) is 5.05. The summed E-state index contributed by atoms with van der Waals surface area (Å²) >= 11 is 0. The van der Waals surface area contributed by atoms with Gasteiger partial charge in [-0.1, -0.05) is 20.8 Å². The lowest BCUT2D eigenvalue weighted by molar-refractivity contribution is -0.00345. The lowest BCUT2D eigenvalue weighted by atomic mass is 9.85. The van der Waals surface area contributed by atoms with E-state index in [0.29, 0.717) is 17.1 Å². The van der Waals surface area contributed by atoms with Crippen LogP contribution in [0.3, 0.4) is 0 Å². The molecule has 1 fully saturated rings. The van der Waals surface area contributed by atoms with Gasteiger partial charge in [0.1, 0.15) is 0 Å². The molecule has 0 saturated carbocycles. The van der Waals surface area contributed by atoms with Crippen molar-refractivity contribution in [1.29, 1.82) is 0 Å². The molecule has 1 saturated heterocycles. The Hall–Kier alpha value is -0.0800. The van der Waals surface area contributed by atoms with E-state index in [4.69, 9.17) is 0 Å². The van der Waals surface area contributed by atoms with Crippen molar-refractivity contribution in [3.8, 4) is 0 Å². The van der Waals surface area contributed by atoms with Crippen molar-refractivity contribution in [2.45, 2.75) is 77.9 Å². The van der Waals surface area contributed by atoms with E-state index < -0.39 is 0 Å². The van der Waals surface area contributed by atoms with Crippen LogP contribution in [0, 0.1) is 0 Å². The Kier molecular flexibility index (Phi) is 4.42. The van der Waals surface area contributed by atoms with Gasteiger partial charge in [0, 0.05) is 30.2 Å². The van der Waals surface area contributed by atoms with E-state index >= 15 is 0 Å². The standard InChI is InChI=1S/C14H30N2/c1-7-13(5)11-16(12(4)10-15-13)14(6,8-2)9-3/h12,15H,7-11H2,1-6H3. The maximum Gasteiger partial charge on any atom is 0.0278 e. The number of hydrogen-bond acceptors (Lipinski definition) is 2. The molecule has 1 aliphatic rings. The third-order valence-corrected chi connectivity index (χ3v) is 4.87. The summed E-state index contributed by atoms with van der Waals surface area (Å²) in [6.45, 7) is 16.4. The van der Waals surface area contributed by atoms with Crippen LogP contribution in [0.25, 0.3) is 0 Å². The monoisotopic (exact) mass is 226 g/mol. The average Bonchev–Trinajstić information content (AvgIpc) is 2.31. The van der Waals surface area contributed by atoms with Crippen molar-refractivity contribution < 1.29 is 0 Å². The first-order valence-electron chi connectivity index (χ1n) is 6.92. The molecule has 1 heterocycles. The minimum Gasteiger partial charge on any atom is -0.309 e. The Morgan fingerprint density at radius 3 is 2.31 bits per heavy atom. The summed E-state index contributed by atoms with van der Waals surface area (Å²) in [7, 11) is 0. The predicted octanol–water partition coefficient (Wildman–Crippen LogP) is 3.03. The number of rotatable bonds is 4. The molecule has 0 aromatic heterocycles. The molecule has 0 spiro atoms. The number of nitrogens with one attached hydrogen (secondary N) is 1. The molecule has 2 unspecified atom stereocenters. The minimum atomic E-state index is 0.304. The van der Waals surface area contributed by atoms with Gasteiger partial charge < -0.3 is 5.32 Å². The zero-order valence-electron chi connectivity index (χ0n) is 12.1. The van der Waals surface area contributed by atoms with Gasteiger partial charge in [0.25, 0.3) is 0 Å². The molecule has 96 valence electrons. The lowest BCUT2D eigenvalue weighted by Crippen LogP contribution is -2.66. The van der Waals surface area contributed by atoms with E-state index in [2.05, 4.69) is 51.8 Å². The number of piperazine rings is 1. The maximum absolute atomic E-state index is 3.70. The molecule has 0 radical (unpaired) electrons.